The smallest absolute Gasteiger partial charge is 0.0731 e. The SMILES string of the molecule is O[C@@H]1C=C(COCc2ccccc2)[C@H](COCc2ccccc2)C1. The van der Waals surface area contributed by atoms with Crippen molar-refractivity contribution >= 4 is 0 Å². The number of ether oxygens (including phenoxy) is 2. The van der Waals surface area contributed by atoms with Crippen molar-refractivity contribution in [2.24, 2.45) is 5.92 Å². The lowest BCUT2D eigenvalue weighted by molar-refractivity contribution is 0.0773. The van der Waals surface area contributed by atoms with Crippen molar-refractivity contribution in [1.82, 2.24) is 0 Å². The minimum Gasteiger partial charge on any atom is -0.389 e. The molecule has 0 amide bonds. The number of benzene rings is 2. The summed E-state index contributed by atoms with van der Waals surface area (Å²) >= 11 is 0. The van der Waals surface area contributed by atoms with Gasteiger partial charge in [0.2, 0.25) is 0 Å². The van der Waals surface area contributed by atoms with Crippen molar-refractivity contribution in [3.63, 3.8) is 0 Å². The summed E-state index contributed by atoms with van der Waals surface area (Å²) in [4.78, 5) is 0. The predicted molar refractivity (Wildman–Crippen MR) is 94.4 cm³/mol. The van der Waals surface area contributed by atoms with Gasteiger partial charge in [-0.05, 0) is 23.1 Å². The number of hydrogen-bond donors (Lipinski definition) is 1. The molecule has 2 aromatic carbocycles. The Morgan fingerprint density at radius 3 is 2.00 bits per heavy atom. The van der Waals surface area contributed by atoms with Gasteiger partial charge in [-0.25, -0.2) is 0 Å². The van der Waals surface area contributed by atoms with Gasteiger partial charge in [0, 0.05) is 5.92 Å². The molecule has 0 saturated heterocycles. The van der Waals surface area contributed by atoms with Gasteiger partial charge in [-0.15, -0.1) is 0 Å². The van der Waals surface area contributed by atoms with Crippen LogP contribution in [0.2, 0.25) is 0 Å². The molecule has 2 atom stereocenters. The summed E-state index contributed by atoms with van der Waals surface area (Å²) in [6, 6.07) is 20.3. The Kier molecular flexibility index (Phi) is 6.19. The van der Waals surface area contributed by atoms with Crippen LogP contribution >= 0.6 is 0 Å². The van der Waals surface area contributed by atoms with Crippen LogP contribution in [0.3, 0.4) is 0 Å². The fraction of sp³-hybridized carbons (Fsp3) is 0.333. The largest absolute Gasteiger partial charge is 0.389 e. The first-order valence-corrected chi connectivity index (χ1v) is 8.43. The van der Waals surface area contributed by atoms with Crippen LogP contribution in [0.5, 0.6) is 0 Å². The molecule has 1 aliphatic carbocycles. The zero-order chi connectivity index (χ0) is 16.6. The molecule has 126 valence electrons. The Morgan fingerprint density at radius 1 is 0.792 bits per heavy atom. The summed E-state index contributed by atoms with van der Waals surface area (Å²) in [7, 11) is 0. The van der Waals surface area contributed by atoms with Crippen molar-refractivity contribution < 1.29 is 14.6 Å². The maximum Gasteiger partial charge on any atom is 0.0731 e. The summed E-state index contributed by atoms with van der Waals surface area (Å²) < 4.78 is 11.7. The van der Waals surface area contributed by atoms with E-state index >= 15 is 0 Å². The van der Waals surface area contributed by atoms with Gasteiger partial charge in [-0.2, -0.15) is 0 Å². The van der Waals surface area contributed by atoms with E-state index in [1.807, 2.05) is 42.5 Å². The third-order valence-electron chi connectivity index (χ3n) is 4.27. The van der Waals surface area contributed by atoms with E-state index in [-0.39, 0.29) is 12.0 Å². The van der Waals surface area contributed by atoms with E-state index in [9.17, 15) is 5.11 Å². The molecule has 3 nitrogen and oxygen atoms in total. The third kappa shape index (κ3) is 5.03. The van der Waals surface area contributed by atoms with Crippen LogP contribution in [0.25, 0.3) is 0 Å². The van der Waals surface area contributed by atoms with Crippen molar-refractivity contribution in [3.05, 3.63) is 83.4 Å². The predicted octanol–water partition coefficient (Wildman–Crippen LogP) is 3.73. The molecule has 0 heterocycles. The quantitative estimate of drug-likeness (QED) is 0.752. The Balaban J connectivity index is 1.44. The molecule has 24 heavy (non-hydrogen) atoms. The molecular formula is C21H24O3. The van der Waals surface area contributed by atoms with Crippen LogP contribution in [0, 0.1) is 5.92 Å². The van der Waals surface area contributed by atoms with Crippen LogP contribution in [-0.4, -0.2) is 24.4 Å². The molecule has 0 spiro atoms. The van der Waals surface area contributed by atoms with Gasteiger partial charge in [-0.1, -0.05) is 66.7 Å². The van der Waals surface area contributed by atoms with E-state index in [0.29, 0.717) is 26.4 Å². The molecule has 3 rings (SSSR count). The van der Waals surface area contributed by atoms with E-state index in [1.54, 1.807) is 0 Å². The van der Waals surface area contributed by atoms with Crippen LogP contribution in [0.15, 0.2) is 72.3 Å². The van der Waals surface area contributed by atoms with Gasteiger partial charge < -0.3 is 14.6 Å². The number of aliphatic hydroxyl groups is 1. The van der Waals surface area contributed by atoms with Crippen LogP contribution < -0.4 is 0 Å². The molecule has 1 N–H and O–H groups in total. The average Bonchev–Trinajstić information content (AvgIpc) is 2.96. The normalized spacial score (nSPS) is 20.1. The highest BCUT2D eigenvalue weighted by atomic mass is 16.5. The highest BCUT2D eigenvalue weighted by Gasteiger charge is 2.25. The van der Waals surface area contributed by atoms with E-state index in [4.69, 9.17) is 9.47 Å². The number of hydrogen-bond acceptors (Lipinski definition) is 3. The molecule has 0 bridgehead atoms. The van der Waals surface area contributed by atoms with Gasteiger partial charge in [0.1, 0.15) is 0 Å². The van der Waals surface area contributed by atoms with Crippen molar-refractivity contribution in [3.8, 4) is 0 Å². The first-order valence-electron chi connectivity index (χ1n) is 8.43. The lowest BCUT2D eigenvalue weighted by atomic mass is 10.0. The topological polar surface area (TPSA) is 38.7 Å². The minimum absolute atomic E-state index is 0.236. The molecule has 2 aromatic rings. The summed E-state index contributed by atoms with van der Waals surface area (Å²) in [5.74, 6) is 0.236. The standard InChI is InChI=1S/C21H24O3/c22-21-11-19(15-23-13-17-7-3-1-4-8-17)20(12-21)16-24-14-18-9-5-2-6-10-18/h1-11,20-22H,12-16H2/t20-,21+/m0/s1. The van der Waals surface area contributed by atoms with E-state index in [1.165, 1.54) is 5.56 Å². The van der Waals surface area contributed by atoms with Crippen molar-refractivity contribution in [2.45, 2.75) is 25.7 Å². The second-order valence-corrected chi connectivity index (χ2v) is 6.22. The zero-order valence-corrected chi connectivity index (χ0v) is 13.8. The number of rotatable bonds is 8. The highest BCUT2D eigenvalue weighted by molar-refractivity contribution is 5.18. The molecule has 0 fully saturated rings. The summed E-state index contributed by atoms with van der Waals surface area (Å²) in [5.41, 5.74) is 3.47. The summed E-state index contributed by atoms with van der Waals surface area (Å²) in [6.45, 7) is 2.36. The molecule has 0 aromatic heterocycles. The summed E-state index contributed by atoms with van der Waals surface area (Å²) in [5, 5.41) is 9.92. The Labute approximate surface area is 143 Å². The monoisotopic (exact) mass is 324 g/mol. The van der Waals surface area contributed by atoms with Crippen molar-refractivity contribution in [2.75, 3.05) is 13.2 Å². The van der Waals surface area contributed by atoms with E-state index in [0.717, 1.165) is 17.6 Å². The maximum absolute atomic E-state index is 9.92. The molecule has 0 radical (unpaired) electrons. The maximum atomic E-state index is 9.92. The Hall–Kier alpha value is -1.94. The average molecular weight is 324 g/mol. The number of aliphatic hydroxyl groups excluding tert-OH is 1. The summed E-state index contributed by atoms with van der Waals surface area (Å²) in [6.07, 6.45) is 2.26. The van der Waals surface area contributed by atoms with Gasteiger partial charge >= 0.3 is 0 Å². The second kappa shape index (κ2) is 8.78. The lowest BCUT2D eigenvalue weighted by Gasteiger charge is -2.16. The highest BCUT2D eigenvalue weighted by Crippen LogP contribution is 2.27. The van der Waals surface area contributed by atoms with E-state index < -0.39 is 0 Å². The van der Waals surface area contributed by atoms with Crippen molar-refractivity contribution in [1.29, 1.82) is 0 Å². The molecule has 3 heteroatoms. The van der Waals surface area contributed by atoms with Crippen LogP contribution in [-0.2, 0) is 22.7 Å². The fourth-order valence-corrected chi connectivity index (χ4v) is 2.99. The molecule has 0 saturated carbocycles. The van der Waals surface area contributed by atoms with E-state index in [2.05, 4.69) is 24.3 Å². The first kappa shape index (κ1) is 16.9. The van der Waals surface area contributed by atoms with Gasteiger partial charge in [0.05, 0.1) is 32.5 Å². The van der Waals surface area contributed by atoms with Gasteiger partial charge in [0.25, 0.3) is 0 Å². The Morgan fingerprint density at radius 2 is 1.38 bits per heavy atom. The minimum atomic E-state index is -0.384. The molecule has 0 unspecified atom stereocenters. The van der Waals surface area contributed by atoms with Gasteiger partial charge in [-0.3, -0.25) is 0 Å². The first-order chi connectivity index (χ1) is 11.8. The van der Waals surface area contributed by atoms with Crippen LogP contribution in [0.4, 0.5) is 0 Å². The molecule has 1 aliphatic rings. The lowest BCUT2D eigenvalue weighted by Crippen LogP contribution is -2.14. The van der Waals surface area contributed by atoms with Crippen LogP contribution in [0.1, 0.15) is 17.5 Å². The zero-order valence-electron chi connectivity index (χ0n) is 13.8. The molecule has 0 aliphatic heterocycles. The second-order valence-electron chi connectivity index (χ2n) is 6.22. The molecular weight excluding hydrogens is 300 g/mol. The Bertz CT molecular complexity index is 637. The van der Waals surface area contributed by atoms with Gasteiger partial charge in [0.15, 0.2) is 0 Å². The fourth-order valence-electron chi connectivity index (χ4n) is 2.99. The third-order valence-corrected chi connectivity index (χ3v) is 4.27.